The molecule has 1 atom stereocenters. The van der Waals surface area contributed by atoms with Gasteiger partial charge in [0, 0.05) is 13.1 Å². The molecule has 15 heavy (non-hydrogen) atoms. The summed E-state index contributed by atoms with van der Waals surface area (Å²) in [7, 11) is 0. The Labute approximate surface area is 87.2 Å². The Morgan fingerprint density at radius 2 is 1.80 bits per heavy atom. The normalized spacial score (nSPS) is 13.7. The molecule has 0 aliphatic carbocycles. The summed E-state index contributed by atoms with van der Waals surface area (Å²) in [5, 5.41) is 0. The standard InChI is InChI=1S/C9H16F3NO2/c1-4-13(5-2)8(14)7(3)15-6-9(10,11)12/h7H,4-6H2,1-3H3. The van der Waals surface area contributed by atoms with Crippen molar-refractivity contribution in [1.82, 2.24) is 4.90 Å². The second kappa shape index (κ2) is 5.95. The van der Waals surface area contributed by atoms with Crippen molar-refractivity contribution in [2.75, 3.05) is 19.7 Å². The van der Waals surface area contributed by atoms with Crippen molar-refractivity contribution < 1.29 is 22.7 Å². The maximum Gasteiger partial charge on any atom is 0.411 e. The zero-order valence-electron chi connectivity index (χ0n) is 9.10. The average Bonchev–Trinajstić information content (AvgIpc) is 2.14. The van der Waals surface area contributed by atoms with Gasteiger partial charge in [0.05, 0.1) is 0 Å². The van der Waals surface area contributed by atoms with Crippen LogP contribution in [0.5, 0.6) is 0 Å². The zero-order valence-corrected chi connectivity index (χ0v) is 9.10. The lowest BCUT2D eigenvalue weighted by Gasteiger charge is -2.23. The smallest absolute Gasteiger partial charge is 0.359 e. The van der Waals surface area contributed by atoms with E-state index in [1.165, 1.54) is 11.8 Å². The molecule has 0 N–H and O–H groups in total. The summed E-state index contributed by atoms with van der Waals surface area (Å²) < 4.78 is 39.8. The quantitative estimate of drug-likeness (QED) is 0.717. The topological polar surface area (TPSA) is 29.5 Å². The summed E-state index contributed by atoms with van der Waals surface area (Å²) in [5.74, 6) is -0.413. The van der Waals surface area contributed by atoms with Gasteiger partial charge < -0.3 is 9.64 Å². The molecule has 3 nitrogen and oxygen atoms in total. The molecule has 0 saturated carbocycles. The van der Waals surface area contributed by atoms with Crippen LogP contribution in [0.2, 0.25) is 0 Å². The van der Waals surface area contributed by atoms with Gasteiger partial charge in [0.15, 0.2) is 0 Å². The number of likely N-dealkylation sites (N-methyl/N-ethyl adjacent to an activating group) is 1. The molecule has 1 unspecified atom stereocenters. The van der Waals surface area contributed by atoms with Crippen molar-refractivity contribution in [2.45, 2.75) is 33.1 Å². The summed E-state index contributed by atoms with van der Waals surface area (Å²) in [6, 6.07) is 0. The van der Waals surface area contributed by atoms with E-state index < -0.39 is 24.8 Å². The molecule has 0 spiro atoms. The predicted octanol–water partition coefficient (Wildman–Crippen LogP) is 1.82. The van der Waals surface area contributed by atoms with Gasteiger partial charge in [-0.25, -0.2) is 0 Å². The van der Waals surface area contributed by atoms with E-state index in [4.69, 9.17) is 0 Å². The van der Waals surface area contributed by atoms with Crippen LogP contribution < -0.4 is 0 Å². The Morgan fingerprint density at radius 1 is 1.33 bits per heavy atom. The van der Waals surface area contributed by atoms with Crippen LogP contribution in [-0.2, 0) is 9.53 Å². The van der Waals surface area contributed by atoms with Crippen LogP contribution in [0.4, 0.5) is 13.2 Å². The SMILES string of the molecule is CCN(CC)C(=O)C(C)OCC(F)(F)F. The molecule has 0 saturated heterocycles. The van der Waals surface area contributed by atoms with E-state index in [2.05, 4.69) is 4.74 Å². The van der Waals surface area contributed by atoms with Gasteiger partial charge in [-0.3, -0.25) is 4.79 Å². The second-order valence-electron chi connectivity index (χ2n) is 3.08. The highest BCUT2D eigenvalue weighted by atomic mass is 19.4. The minimum absolute atomic E-state index is 0.413. The number of hydrogen-bond donors (Lipinski definition) is 0. The summed E-state index contributed by atoms with van der Waals surface area (Å²) in [6.07, 6.45) is -5.44. The molecule has 1 amide bonds. The van der Waals surface area contributed by atoms with Gasteiger partial charge in [0.25, 0.3) is 5.91 Å². The number of carbonyl (C=O) groups excluding carboxylic acids is 1. The van der Waals surface area contributed by atoms with E-state index in [9.17, 15) is 18.0 Å². The minimum atomic E-state index is -4.39. The third-order valence-electron chi connectivity index (χ3n) is 1.92. The molecule has 0 heterocycles. The maximum absolute atomic E-state index is 11.8. The lowest BCUT2D eigenvalue weighted by molar-refractivity contribution is -0.188. The Balaban J connectivity index is 4.09. The van der Waals surface area contributed by atoms with Crippen molar-refractivity contribution >= 4 is 5.91 Å². The molecule has 6 heteroatoms. The lowest BCUT2D eigenvalue weighted by atomic mass is 10.3. The molecule has 0 aliphatic heterocycles. The van der Waals surface area contributed by atoms with E-state index in [1.807, 2.05) is 0 Å². The van der Waals surface area contributed by atoms with Crippen LogP contribution in [0.25, 0.3) is 0 Å². The molecule has 90 valence electrons. The predicted molar refractivity (Wildman–Crippen MR) is 49.4 cm³/mol. The molecule has 0 aromatic carbocycles. The summed E-state index contributed by atoms with van der Waals surface area (Å²) in [6.45, 7) is 4.40. The van der Waals surface area contributed by atoms with Crippen LogP contribution in [0.3, 0.4) is 0 Å². The number of hydrogen-bond acceptors (Lipinski definition) is 2. The number of amides is 1. The van der Waals surface area contributed by atoms with Crippen molar-refractivity contribution in [3.63, 3.8) is 0 Å². The highest BCUT2D eigenvalue weighted by Gasteiger charge is 2.30. The van der Waals surface area contributed by atoms with E-state index in [0.717, 1.165) is 0 Å². The summed E-state index contributed by atoms with van der Waals surface area (Å²) in [4.78, 5) is 12.9. The van der Waals surface area contributed by atoms with Crippen molar-refractivity contribution in [1.29, 1.82) is 0 Å². The number of carbonyl (C=O) groups is 1. The van der Waals surface area contributed by atoms with Crippen LogP contribution in [0, 0.1) is 0 Å². The zero-order chi connectivity index (χ0) is 12.1. The minimum Gasteiger partial charge on any atom is -0.359 e. The van der Waals surface area contributed by atoms with E-state index in [1.54, 1.807) is 13.8 Å². The molecule has 0 bridgehead atoms. The first kappa shape index (κ1) is 14.2. The fraction of sp³-hybridized carbons (Fsp3) is 0.889. The van der Waals surface area contributed by atoms with Crippen molar-refractivity contribution in [2.24, 2.45) is 0 Å². The van der Waals surface area contributed by atoms with Crippen molar-refractivity contribution in [3.05, 3.63) is 0 Å². The largest absolute Gasteiger partial charge is 0.411 e. The van der Waals surface area contributed by atoms with Crippen LogP contribution in [0.1, 0.15) is 20.8 Å². The van der Waals surface area contributed by atoms with Crippen molar-refractivity contribution in [3.8, 4) is 0 Å². The molecular formula is C9H16F3NO2. The number of rotatable bonds is 5. The number of nitrogens with zero attached hydrogens (tertiary/aromatic N) is 1. The van der Waals surface area contributed by atoms with Crippen LogP contribution >= 0.6 is 0 Å². The number of ether oxygens (including phenoxy) is 1. The number of alkyl halides is 3. The fourth-order valence-corrected chi connectivity index (χ4v) is 1.08. The first-order valence-corrected chi connectivity index (χ1v) is 4.79. The van der Waals surface area contributed by atoms with E-state index in [-0.39, 0.29) is 0 Å². The molecule has 0 aliphatic rings. The van der Waals surface area contributed by atoms with Gasteiger partial charge in [-0.1, -0.05) is 0 Å². The third-order valence-corrected chi connectivity index (χ3v) is 1.92. The Hall–Kier alpha value is -0.780. The fourth-order valence-electron chi connectivity index (χ4n) is 1.08. The molecule has 0 rings (SSSR count). The maximum atomic E-state index is 11.8. The van der Waals surface area contributed by atoms with Gasteiger partial charge in [-0.2, -0.15) is 13.2 Å². The van der Waals surface area contributed by atoms with Crippen LogP contribution in [0.15, 0.2) is 0 Å². The highest BCUT2D eigenvalue weighted by molar-refractivity contribution is 5.80. The summed E-state index contributed by atoms with van der Waals surface area (Å²) >= 11 is 0. The average molecular weight is 227 g/mol. The molecule has 0 fully saturated rings. The monoisotopic (exact) mass is 227 g/mol. The highest BCUT2D eigenvalue weighted by Crippen LogP contribution is 2.15. The van der Waals surface area contributed by atoms with Gasteiger partial charge >= 0.3 is 6.18 Å². The molecule has 0 aromatic rings. The Bertz CT molecular complexity index is 202. The van der Waals surface area contributed by atoms with Gasteiger partial charge in [-0.15, -0.1) is 0 Å². The first-order chi connectivity index (χ1) is 6.81. The number of halogens is 3. The Kier molecular flexibility index (Phi) is 5.64. The van der Waals surface area contributed by atoms with E-state index in [0.29, 0.717) is 13.1 Å². The van der Waals surface area contributed by atoms with Gasteiger partial charge in [0.2, 0.25) is 0 Å². The lowest BCUT2D eigenvalue weighted by Crippen LogP contribution is -2.40. The first-order valence-electron chi connectivity index (χ1n) is 4.79. The van der Waals surface area contributed by atoms with Crippen LogP contribution in [-0.4, -0.2) is 42.8 Å². The van der Waals surface area contributed by atoms with Gasteiger partial charge in [0.1, 0.15) is 12.7 Å². The van der Waals surface area contributed by atoms with Gasteiger partial charge in [-0.05, 0) is 20.8 Å². The summed E-state index contributed by atoms with van der Waals surface area (Å²) in [5.41, 5.74) is 0. The molecule has 0 radical (unpaired) electrons. The Morgan fingerprint density at radius 3 is 2.13 bits per heavy atom. The molecule has 0 aromatic heterocycles. The third kappa shape index (κ3) is 5.61. The van der Waals surface area contributed by atoms with E-state index >= 15 is 0 Å². The molecular weight excluding hydrogens is 211 g/mol. The second-order valence-corrected chi connectivity index (χ2v) is 3.08.